The molecule has 0 saturated carbocycles. The van der Waals surface area contributed by atoms with E-state index >= 15 is 0 Å². The number of hydrogen-bond acceptors (Lipinski definition) is 4. The van der Waals surface area contributed by atoms with E-state index in [1.807, 2.05) is 12.5 Å². The monoisotopic (exact) mass is 373 g/mol. The zero-order chi connectivity index (χ0) is 19.2. The summed E-state index contributed by atoms with van der Waals surface area (Å²) in [5.41, 5.74) is 2.43. The molecule has 2 rings (SSSR count). The number of ether oxygens (including phenoxy) is 2. The van der Waals surface area contributed by atoms with Gasteiger partial charge in [0.25, 0.3) is 0 Å². The number of aliphatic imine (C=N–C) groups is 1. The lowest BCUT2D eigenvalue weighted by atomic mass is 10.1. The van der Waals surface area contributed by atoms with Crippen LogP contribution < -0.4 is 10.6 Å². The van der Waals surface area contributed by atoms with Crippen LogP contribution in [0.2, 0.25) is 0 Å². The Bertz CT molecular complexity index is 658. The lowest BCUT2D eigenvalue weighted by Crippen LogP contribution is -2.38. The van der Waals surface area contributed by atoms with Crippen LogP contribution >= 0.6 is 0 Å². The van der Waals surface area contributed by atoms with Gasteiger partial charge < -0.3 is 24.7 Å². The standard InChI is InChI=1S/C20H31N5O2/c1-3-22-20(23-8-5-11-27-13-12-26-2)24-15-18-6-4-7-19(14-18)16-25-10-9-21-17-25/h4,6-7,9-10,14,17H,3,5,8,11-13,15-16H2,1-2H3,(H2,22,23,24). The Kier molecular flexibility index (Phi) is 9.99. The summed E-state index contributed by atoms with van der Waals surface area (Å²) >= 11 is 0. The van der Waals surface area contributed by atoms with Crippen molar-refractivity contribution < 1.29 is 9.47 Å². The molecule has 2 aromatic rings. The molecular weight excluding hydrogens is 342 g/mol. The number of nitrogens with one attached hydrogen (secondary N) is 2. The van der Waals surface area contributed by atoms with E-state index in [2.05, 4.69) is 56.4 Å². The molecule has 148 valence electrons. The second-order valence-corrected chi connectivity index (χ2v) is 6.14. The van der Waals surface area contributed by atoms with Crippen molar-refractivity contribution in [2.24, 2.45) is 4.99 Å². The second-order valence-electron chi connectivity index (χ2n) is 6.14. The van der Waals surface area contributed by atoms with Crippen LogP contribution in [0, 0.1) is 0 Å². The molecule has 0 aliphatic carbocycles. The largest absolute Gasteiger partial charge is 0.382 e. The van der Waals surface area contributed by atoms with Gasteiger partial charge in [-0.1, -0.05) is 24.3 Å². The van der Waals surface area contributed by atoms with E-state index in [0.29, 0.717) is 26.4 Å². The molecule has 0 unspecified atom stereocenters. The Morgan fingerprint density at radius 2 is 2.07 bits per heavy atom. The maximum atomic E-state index is 5.47. The van der Waals surface area contributed by atoms with Gasteiger partial charge in [-0.05, 0) is 24.5 Å². The van der Waals surface area contributed by atoms with Crippen LogP contribution in [-0.4, -0.2) is 55.5 Å². The number of nitrogens with zero attached hydrogens (tertiary/aromatic N) is 3. The van der Waals surface area contributed by atoms with Crippen molar-refractivity contribution in [2.75, 3.05) is 40.0 Å². The minimum atomic E-state index is 0.636. The Morgan fingerprint density at radius 1 is 1.19 bits per heavy atom. The van der Waals surface area contributed by atoms with Crippen LogP contribution in [0.3, 0.4) is 0 Å². The normalized spacial score (nSPS) is 11.6. The van der Waals surface area contributed by atoms with Gasteiger partial charge in [0, 0.05) is 45.7 Å². The van der Waals surface area contributed by atoms with Gasteiger partial charge in [-0.15, -0.1) is 0 Å². The molecule has 0 atom stereocenters. The first-order chi connectivity index (χ1) is 13.3. The molecule has 0 fully saturated rings. The fourth-order valence-corrected chi connectivity index (χ4v) is 2.55. The maximum absolute atomic E-state index is 5.47. The predicted octanol–water partition coefficient (Wildman–Crippen LogP) is 2.04. The van der Waals surface area contributed by atoms with Crippen molar-refractivity contribution in [1.82, 2.24) is 20.2 Å². The van der Waals surface area contributed by atoms with Crippen molar-refractivity contribution in [1.29, 1.82) is 0 Å². The van der Waals surface area contributed by atoms with Crippen LogP contribution in [0.1, 0.15) is 24.5 Å². The summed E-state index contributed by atoms with van der Waals surface area (Å²) in [6.45, 7) is 7.16. The molecule has 0 saturated heterocycles. The molecule has 0 amide bonds. The highest BCUT2D eigenvalue weighted by Gasteiger charge is 2.00. The summed E-state index contributed by atoms with van der Waals surface area (Å²) in [5.74, 6) is 0.828. The molecule has 0 aliphatic heterocycles. The smallest absolute Gasteiger partial charge is 0.191 e. The highest BCUT2D eigenvalue weighted by molar-refractivity contribution is 5.79. The zero-order valence-electron chi connectivity index (χ0n) is 16.4. The number of methoxy groups -OCH3 is 1. The van der Waals surface area contributed by atoms with Gasteiger partial charge >= 0.3 is 0 Å². The van der Waals surface area contributed by atoms with Gasteiger partial charge in [0.2, 0.25) is 0 Å². The first kappa shape index (κ1) is 20.9. The highest BCUT2D eigenvalue weighted by Crippen LogP contribution is 2.08. The molecule has 2 N–H and O–H groups in total. The van der Waals surface area contributed by atoms with Crippen LogP contribution in [-0.2, 0) is 22.6 Å². The Balaban J connectivity index is 1.79. The summed E-state index contributed by atoms with van der Waals surface area (Å²) in [6.07, 6.45) is 6.52. The van der Waals surface area contributed by atoms with Crippen molar-refractivity contribution in [3.63, 3.8) is 0 Å². The Labute approximate surface area is 161 Å². The summed E-state index contributed by atoms with van der Waals surface area (Å²) < 4.78 is 12.5. The first-order valence-electron chi connectivity index (χ1n) is 9.44. The molecule has 1 aromatic heterocycles. The van der Waals surface area contributed by atoms with E-state index in [-0.39, 0.29) is 0 Å². The summed E-state index contributed by atoms with van der Waals surface area (Å²) in [6, 6.07) is 8.50. The van der Waals surface area contributed by atoms with Gasteiger partial charge in [0.05, 0.1) is 26.1 Å². The van der Waals surface area contributed by atoms with Crippen molar-refractivity contribution in [3.8, 4) is 0 Å². The minimum Gasteiger partial charge on any atom is -0.382 e. The molecule has 27 heavy (non-hydrogen) atoms. The third kappa shape index (κ3) is 8.70. The maximum Gasteiger partial charge on any atom is 0.191 e. The van der Waals surface area contributed by atoms with E-state index in [1.165, 1.54) is 11.1 Å². The summed E-state index contributed by atoms with van der Waals surface area (Å²) in [4.78, 5) is 8.77. The highest BCUT2D eigenvalue weighted by atomic mass is 16.5. The Hall–Kier alpha value is -2.38. The molecule has 0 bridgehead atoms. The van der Waals surface area contributed by atoms with Gasteiger partial charge in [0.1, 0.15) is 0 Å². The lowest BCUT2D eigenvalue weighted by Gasteiger charge is -2.12. The zero-order valence-corrected chi connectivity index (χ0v) is 16.4. The summed E-state index contributed by atoms with van der Waals surface area (Å²) in [5, 5.41) is 6.63. The SMILES string of the molecule is CCNC(=NCc1cccc(Cn2ccnc2)c1)NCCCOCCOC. The minimum absolute atomic E-state index is 0.636. The third-order valence-corrected chi connectivity index (χ3v) is 3.87. The van der Waals surface area contributed by atoms with Crippen LogP contribution in [0.5, 0.6) is 0 Å². The molecule has 1 aromatic carbocycles. The number of hydrogen-bond donors (Lipinski definition) is 2. The Morgan fingerprint density at radius 3 is 2.85 bits per heavy atom. The number of rotatable bonds is 12. The molecule has 0 radical (unpaired) electrons. The van der Waals surface area contributed by atoms with Gasteiger partial charge in [0.15, 0.2) is 5.96 Å². The van der Waals surface area contributed by atoms with Gasteiger partial charge in [-0.25, -0.2) is 9.98 Å². The van der Waals surface area contributed by atoms with Crippen molar-refractivity contribution >= 4 is 5.96 Å². The summed E-state index contributed by atoms with van der Waals surface area (Å²) in [7, 11) is 1.68. The van der Waals surface area contributed by atoms with E-state index in [1.54, 1.807) is 13.3 Å². The van der Waals surface area contributed by atoms with Gasteiger partial charge in [-0.2, -0.15) is 0 Å². The average Bonchev–Trinajstić information content (AvgIpc) is 3.18. The van der Waals surface area contributed by atoms with Gasteiger partial charge in [-0.3, -0.25) is 0 Å². The average molecular weight is 374 g/mol. The van der Waals surface area contributed by atoms with Crippen LogP contribution in [0.15, 0.2) is 48.0 Å². The number of benzene rings is 1. The van der Waals surface area contributed by atoms with E-state index in [9.17, 15) is 0 Å². The third-order valence-electron chi connectivity index (χ3n) is 3.87. The topological polar surface area (TPSA) is 72.7 Å². The van der Waals surface area contributed by atoms with Crippen LogP contribution in [0.25, 0.3) is 0 Å². The van der Waals surface area contributed by atoms with E-state index in [0.717, 1.165) is 32.0 Å². The number of aromatic nitrogens is 2. The van der Waals surface area contributed by atoms with E-state index < -0.39 is 0 Å². The fraction of sp³-hybridized carbons (Fsp3) is 0.500. The molecular formula is C20H31N5O2. The quantitative estimate of drug-likeness (QED) is 0.338. The predicted molar refractivity (Wildman–Crippen MR) is 108 cm³/mol. The van der Waals surface area contributed by atoms with E-state index in [4.69, 9.17) is 9.47 Å². The molecule has 0 aliphatic rings. The van der Waals surface area contributed by atoms with Crippen molar-refractivity contribution in [3.05, 3.63) is 54.1 Å². The molecule has 7 nitrogen and oxygen atoms in total. The number of imidazole rings is 1. The van der Waals surface area contributed by atoms with Crippen molar-refractivity contribution in [2.45, 2.75) is 26.4 Å². The molecule has 7 heteroatoms. The van der Waals surface area contributed by atoms with Crippen LogP contribution in [0.4, 0.5) is 0 Å². The lowest BCUT2D eigenvalue weighted by molar-refractivity contribution is 0.0698. The first-order valence-corrected chi connectivity index (χ1v) is 9.44. The second kappa shape index (κ2) is 12.9. The molecule has 1 heterocycles. The number of guanidine groups is 1. The molecule has 0 spiro atoms. The fourth-order valence-electron chi connectivity index (χ4n) is 2.55.